The number of rotatable bonds is 1. The van der Waals surface area contributed by atoms with Crippen molar-refractivity contribution in [2.45, 2.75) is 32.2 Å². The van der Waals surface area contributed by atoms with E-state index in [0.717, 1.165) is 29.6 Å². The Hall–Kier alpha value is -1.29. The average Bonchev–Trinajstić information content (AvgIpc) is 2.43. The molecule has 0 radical (unpaired) electrons. The van der Waals surface area contributed by atoms with E-state index in [4.69, 9.17) is 17.3 Å². The molecule has 0 atom stereocenters. The maximum Gasteiger partial charge on any atom is 0.202 e. The van der Waals surface area contributed by atoms with Crippen molar-refractivity contribution >= 4 is 28.7 Å². The largest absolute Gasteiger partial charge is 0.369 e. The van der Waals surface area contributed by atoms with Crippen molar-refractivity contribution in [2.24, 2.45) is 0 Å². The van der Waals surface area contributed by atoms with Crippen LogP contribution in [0.4, 0.5) is 5.95 Å². The van der Waals surface area contributed by atoms with Gasteiger partial charge in [0.25, 0.3) is 0 Å². The van der Waals surface area contributed by atoms with E-state index in [-0.39, 0.29) is 0 Å². The predicted molar refractivity (Wildman–Crippen MR) is 64.6 cm³/mol. The molecule has 2 aromatic rings. The van der Waals surface area contributed by atoms with Crippen LogP contribution in [0.3, 0.4) is 0 Å². The van der Waals surface area contributed by atoms with Crippen LogP contribution in [0.25, 0.3) is 11.2 Å². The minimum atomic E-state index is 0.455. The number of aromatic nitrogens is 3. The molecule has 1 aliphatic carbocycles. The fourth-order valence-electron chi connectivity index (χ4n) is 2.12. The van der Waals surface area contributed by atoms with Gasteiger partial charge in [0.1, 0.15) is 10.7 Å². The molecule has 1 fully saturated rings. The Kier molecular flexibility index (Phi) is 2.07. The van der Waals surface area contributed by atoms with Gasteiger partial charge in [0.05, 0.1) is 0 Å². The molecule has 3 rings (SSSR count). The highest BCUT2D eigenvalue weighted by atomic mass is 35.5. The van der Waals surface area contributed by atoms with Crippen LogP contribution in [-0.4, -0.2) is 14.5 Å². The third-order valence-corrected chi connectivity index (χ3v) is 3.64. The van der Waals surface area contributed by atoms with Gasteiger partial charge < -0.3 is 5.73 Å². The van der Waals surface area contributed by atoms with Gasteiger partial charge in [-0.15, -0.1) is 0 Å². The molecule has 2 N–H and O–H groups in total. The van der Waals surface area contributed by atoms with Crippen molar-refractivity contribution in [2.75, 3.05) is 5.73 Å². The van der Waals surface area contributed by atoms with E-state index < -0.39 is 0 Å². The van der Waals surface area contributed by atoms with Gasteiger partial charge in [0.2, 0.25) is 5.95 Å². The molecule has 2 aromatic heterocycles. The van der Waals surface area contributed by atoms with Gasteiger partial charge in [-0.3, -0.25) is 4.57 Å². The molecule has 4 nitrogen and oxygen atoms in total. The number of nitrogen functional groups attached to an aromatic ring is 1. The zero-order valence-electron chi connectivity index (χ0n) is 9.07. The molecule has 2 heterocycles. The highest BCUT2D eigenvalue weighted by molar-refractivity contribution is 6.30. The number of hydrogen-bond donors (Lipinski definition) is 1. The Morgan fingerprint density at radius 2 is 2.19 bits per heavy atom. The lowest BCUT2D eigenvalue weighted by atomic mass is 9.93. The highest BCUT2D eigenvalue weighted by Gasteiger charge is 2.24. The predicted octanol–water partition coefficient (Wildman–Crippen LogP) is 2.70. The minimum Gasteiger partial charge on any atom is -0.369 e. The molecule has 0 saturated heterocycles. The summed E-state index contributed by atoms with van der Waals surface area (Å²) in [7, 11) is 0. The molecule has 0 unspecified atom stereocenters. The van der Waals surface area contributed by atoms with Crippen LogP contribution >= 0.6 is 11.6 Å². The second-order valence-electron chi connectivity index (χ2n) is 4.36. The Labute approximate surface area is 98.4 Å². The zero-order chi connectivity index (χ0) is 11.3. The van der Waals surface area contributed by atoms with Crippen LogP contribution in [0.15, 0.2) is 6.07 Å². The standard InChI is InChI=1S/C11H13ClN4/c1-6-5-8-10(15-9(6)12)16(11(13)14-8)7-3-2-4-7/h5,7H,2-4H2,1H3,(H2,13,14). The third-order valence-electron chi connectivity index (χ3n) is 3.26. The Morgan fingerprint density at radius 1 is 1.44 bits per heavy atom. The Bertz CT molecular complexity index is 557. The maximum atomic E-state index is 6.04. The van der Waals surface area contributed by atoms with Gasteiger partial charge in [0, 0.05) is 6.04 Å². The smallest absolute Gasteiger partial charge is 0.202 e. The van der Waals surface area contributed by atoms with E-state index >= 15 is 0 Å². The van der Waals surface area contributed by atoms with E-state index in [9.17, 15) is 0 Å². The molecule has 0 bridgehead atoms. The molecule has 0 amide bonds. The van der Waals surface area contributed by atoms with Crippen LogP contribution in [-0.2, 0) is 0 Å². The van der Waals surface area contributed by atoms with Gasteiger partial charge in [-0.05, 0) is 37.8 Å². The quantitative estimate of drug-likeness (QED) is 0.775. The fourth-order valence-corrected chi connectivity index (χ4v) is 2.25. The van der Waals surface area contributed by atoms with Crippen molar-refractivity contribution in [1.82, 2.24) is 14.5 Å². The monoisotopic (exact) mass is 236 g/mol. The number of pyridine rings is 1. The first-order valence-electron chi connectivity index (χ1n) is 5.47. The SMILES string of the molecule is Cc1cc2nc(N)n(C3CCC3)c2nc1Cl. The van der Waals surface area contributed by atoms with Crippen molar-refractivity contribution in [3.8, 4) is 0 Å². The normalized spacial score (nSPS) is 16.6. The van der Waals surface area contributed by atoms with Gasteiger partial charge in [-0.25, -0.2) is 9.97 Å². The third kappa shape index (κ3) is 1.29. The Balaban J connectivity index is 2.26. The summed E-state index contributed by atoms with van der Waals surface area (Å²) >= 11 is 6.04. The summed E-state index contributed by atoms with van der Waals surface area (Å²) in [6, 6.07) is 2.40. The number of hydrogen-bond acceptors (Lipinski definition) is 3. The van der Waals surface area contributed by atoms with E-state index in [1.165, 1.54) is 6.42 Å². The molecule has 84 valence electrons. The average molecular weight is 237 g/mol. The van der Waals surface area contributed by atoms with Crippen molar-refractivity contribution in [3.05, 3.63) is 16.8 Å². The first-order valence-corrected chi connectivity index (χ1v) is 5.85. The zero-order valence-corrected chi connectivity index (χ0v) is 9.83. The fraction of sp³-hybridized carbons (Fsp3) is 0.455. The number of imidazole rings is 1. The number of nitrogens with zero attached hydrogens (tertiary/aromatic N) is 3. The topological polar surface area (TPSA) is 56.7 Å². The number of halogens is 1. The minimum absolute atomic E-state index is 0.455. The van der Waals surface area contributed by atoms with Gasteiger partial charge >= 0.3 is 0 Å². The van der Waals surface area contributed by atoms with Crippen LogP contribution < -0.4 is 5.73 Å². The summed E-state index contributed by atoms with van der Waals surface area (Å²) in [4.78, 5) is 8.72. The van der Waals surface area contributed by atoms with Crippen LogP contribution in [0.5, 0.6) is 0 Å². The molecule has 5 heteroatoms. The van der Waals surface area contributed by atoms with E-state index in [0.29, 0.717) is 17.1 Å². The second kappa shape index (κ2) is 3.35. The van der Waals surface area contributed by atoms with Crippen molar-refractivity contribution in [3.63, 3.8) is 0 Å². The summed E-state index contributed by atoms with van der Waals surface area (Å²) in [6.45, 7) is 1.92. The summed E-state index contributed by atoms with van der Waals surface area (Å²) in [5.41, 5.74) is 8.53. The molecule has 0 spiro atoms. The number of anilines is 1. The second-order valence-corrected chi connectivity index (χ2v) is 4.72. The number of fused-ring (bicyclic) bond motifs is 1. The van der Waals surface area contributed by atoms with Crippen molar-refractivity contribution in [1.29, 1.82) is 0 Å². The lowest BCUT2D eigenvalue weighted by Gasteiger charge is -2.27. The van der Waals surface area contributed by atoms with E-state index in [1.807, 2.05) is 17.6 Å². The van der Waals surface area contributed by atoms with Crippen molar-refractivity contribution < 1.29 is 0 Å². The molecule has 16 heavy (non-hydrogen) atoms. The van der Waals surface area contributed by atoms with Gasteiger partial charge in [-0.2, -0.15) is 0 Å². The lowest BCUT2D eigenvalue weighted by Crippen LogP contribution is -2.19. The molecule has 1 saturated carbocycles. The van der Waals surface area contributed by atoms with Crippen LogP contribution in [0, 0.1) is 6.92 Å². The first kappa shape index (κ1) is 9.90. The van der Waals surface area contributed by atoms with Crippen LogP contribution in [0.2, 0.25) is 5.15 Å². The Morgan fingerprint density at radius 3 is 2.81 bits per heavy atom. The number of aryl methyl sites for hydroxylation is 1. The molecule has 0 aliphatic heterocycles. The first-order chi connectivity index (χ1) is 7.66. The summed E-state index contributed by atoms with van der Waals surface area (Å²) in [6.07, 6.45) is 3.56. The van der Waals surface area contributed by atoms with Gasteiger partial charge in [0.15, 0.2) is 5.65 Å². The molecule has 1 aliphatic rings. The lowest BCUT2D eigenvalue weighted by molar-refractivity contribution is 0.323. The van der Waals surface area contributed by atoms with E-state index in [2.05, 4.69) is 9.97 Å². The van der Waals surface area contributed by atoms with Gasteiger partial charge in [-0.1, -0.05) is 11.6 Å². The summed E-state index contributed by atoms with van der Waals surface area (Å²) in [5, 5.41) is 0.535. The highest BCUT2D eigenvalue weighted by Crippen LogP contribution is 2.36. The summed E-state index contributed by atoms with van der Waals surface area (Å²) < 4.78 is 2.02. The van der Waals surface area contributed by atoms with E-state index in [1.54, 1.807) is 0 Å². The summed E-state index contributed by atoms with van der Waals surface area (Å²) in [5.74, 6) is 0.550. The molecular weight excluding hydrogens is 224 g/mol. The maximum absolute atomic E-state index is 6.04. The molecular formula is C11H13ClN4. The molecule has 0 aromatic carbocycles. The number of nitrogens with two attached hydrogens (primary N) is 1. The van der Waals surface area contributed by atoms with Crippen LogP contribution in [0.1, 0.15) is 30.9 Å².